The molecule has 1 aliphatic rings. The van der Waals surface area contributed by atoms with E-state index in [0.717, 1.165) is 17.7 Å². The maximum absolute atomic E-state index is 13.4. The summed E-state index contributed by atoms with van der Waals surface area (Å²) in [6.45, 7) is 0. The van der Waals surface area contributed by atoms with Gasteiger partial charge in [0, 0.05) is 11.8 Å². The van der Waals surface area contributed by atoms with Gasteiger partial charge in [-0.2, -0.15) is 13.2 Å². The number of benzene rings is 3. The van der Waals surface area contributed by atoms with Gasteiger partial charge >= 0.3 is 6.18 Å². The normalized spacial score (nSPS) is 14.9. The highest BCUT2D eigenvalue weighted by molar-refractivity contribution is 8.13. The van der Waals surface area contributed by atoms with E-state index in [-0.39, 0.29) is 17.4 Å². The predicted molar refractivity (Wildman–Crippen MR) is 132 cm³/mol. The topological polar surface area (TPSA) is 51.1 Å². The van der Waals surface area contributed by atoms with Gasteiger partial charge in [-0.25, -0.2) is 4.99 Å². The van der Waals surface area contributed by atoms with E-state index in [0.29, 0.717) is 27.9 Å². The molecule has 5 nitrogen and oxygen atoms in total. The van der Waals surface area contributed by atoms with Crippen LogP contribution in [0.25, 0.3) is 6.08 Å². The number of carbonyl (C=O) groups is 1. The van der Waals surface area contributed by atoms with Gasteiger partial charge in [-0.15, -0.1) is 0 Å². The fourth-order valence-electron chi connectivity index (χ4n) is 3.41. The van der Waals surface area contributed by atoms with Gasteiger partial charge in [-0.1, -0.05) is 48.2 Å². The second kappa shape index (κ2) is 10.3. The number of hydrogen-bond acceptors (Lipinski definition) is 5. The number of methoxy groups -OCH3 is 2. The van der Waals surface area contributed by atoms with Crippen molar-refractivity contribution in [2.75, 3.05) is 19.1 Å². The van der Waals surface area contributed by atoms with Crippen LogP contribution in [0.4, 0.5) is 18.9 Å². The molecule has 3 aromatic rings. The molecule has 0 saturated heterocycles. The van der Waals surface area contributed by atoms with Crippen LogP contribution in [-0.4, -0.2) is 25.3 Å². The molecule has 0 unspecified atom stereocenters. The van der Waals surface area contributed by atoms with Crippen LogP contribution in [0.1, 0.15) is 16.7 Å². The lowest BCUT2D eigenvalue weighted by atomic mass is 10.1. The minimum Gasteiger partial charge on any atom is -0.497 e. The zero-order valence-corrected chi connectivity index (χ0v) is 19.7. The minimum atomic E-state index is -4.43. The molecule has 0 N–H and O–H groups in total. The summed E-state index contributed by atoms with van der Waals surface area (Å²) in [5, 5.41) is 0.362. The molecule has 0 atom stereocenters. The van der Waals surface area contributed by atoms with E-state index in [1.807, 2.05) is 0 Å². The first-order chi connectivity index (χ1) is 16.8. The zero-order chi connectivity index (χ0) is 25.0. The number of halogens is 3. The number of amides is 1. The first-order valence-corrected chi connectivity index (χ1v) is 11.5. The van der Waals surface area contributed by atoms with Crippen molar-refractivity contribution in [1.82, 2.24) is 0 Å². The maximum Gasteiger partial charge on any atom is 0.416 e. The maximum atomic E-state index is 13.4. The third-order valence-corrected chi connectivity index (χ3v) is 6.19. The number of amidine groups is 1. The zero-order valence-electron chi connectivity index (χ0n) is 18.9. The number of carbonyl (C=O) groups excluding carboxylic acids is 1. The minimum absolute atomic E-state index is 0.201. The average Bonchev–Trinajstić information content (AvgIpc) is 3.17. The number of rotatable bonds is 6. The third-order valence-electron chi connectivity index (χ3n) is 5.18. The summed E-state index contributed by atoms with van der Waals surface area (Å²) in [7, 11) is 3.09. The van der Waals surface area contributed by atoms with Gasteiger partial charge in [0.1, 0.15) is 17.2 Å². The smallest absolute Gasteiger partial charge is 0.416 e. The largest absolute Gasteiger partial charge is 0.497 e. The molecular weight excluding hydrogens is 477 g/mol. The summed E-state index contributed by atoms with van der Waals surface area (Å²) in [5.74, 6) is 1.10. The Balaban J connectivity index is 1.66. The Morgan fingerprint density at radius 1 is 0.943 bits per heavy atom. The predicted octanol–water partition coefficient (Wildman–Crippen LogP) is 6.40. The molecule has 180 valence electrons. The molecular formula is C26H21F3N2O3S. The Hall–Kier alpha value is -3.72. The quantitative estimate of drug-likeness (QED) is 0.369. The van der Waals surface area contributed by atoms with E-state index in [1.165, 1.54) is 29.8 Å². The number of aliphatic imine (C=N–C) groups is 1. The summed E-state index contributed by atoms with van der Waals surface area (Å²) >= 11 is 1.18. The monoisotopic (exact) mass is 498 g/mol. The van der Waals surface area contributed by atoms with Gasteiger partial charge in [-0.05, 0) is 47.5 Å². The summed E-state index contributed by atoms with van der Waals surface area (Å²) in [5.41, 5.74) is 1.27. The molecule has 0 aliphatic carbocycles. The molecule has 0 aromatic heterocycles. The standard InChI is InChI=1S/C26H21F3N2O3S/c1-33-21-11-9-17(10-12-21)14-23-24(32)31(20-7-4-8-22(15-20)34-2)25(30-23)35-16-18-5-3-6-19(13-18)26(27,28)29/h3-15H,16H2,1-2H3. The van der Waals surface area contributed by atoms with Crippen LogP contribution in [-0.2, 0) is 16.7 Å². The van der Waals surface area contributed by atoms with Crippen molar-refractivity contribution in [2.24, 2.45) is 4.99 Å². The van der Waals surface area contributed by atoms with Crippen molar-refractivity contribution >= 4 is 34.6 Å². The van der Waals surface area contributed by atoms with Crippen molar-refractivity contribution in [3.05, 3.63) is 95.2 Å². The van der Waals surface area contributed by atoms with Crippen molar-refractivity contribution in [3.8, 4) is 11.5 Å². The van der Waals surface area contributed by atoms with E-state index in [9.17, 15) is 18.0 Å². The fraction of sp³-hybridized carbons (Fsp3) is 0.154. The van der Waals surface area contributed by atoms with Crippen LogP contribution in [0, 0.1) is 0 Å². The SMILES string of the molecule is COc1ccc(C=C2N=C(SCc3cccc(C(F)(F)F)c3)N(c3cccc(OC)c3)C2=O)cc1. The Labute approximate surface area is 204 Å². The molecule has 35 heavy (non-hydrogen) atoms. The average molecular weight is 499 g/mol. The van der Waals surface area contributed by atoms with Gasteiger partial charge in [0.2, 0.25) is 0 Å². The van der Waals surface area contributed by atoms with E-state index < -0.39 is 11.7 Å². The van der Waals surface area contributed by atoms with Crippen LogP contribution in [0.5, 0.6) is 11.5 Å². The van der Waals surface area contributed by atoms with Crippen molar-refractivity contribution < 1.29 is 27.4 Å². The summed E-state index contributed by atoms with van der Waals surface area (Å²) in [4.78, 5) is 19.3. The molecule has 1 aliphatic heterocycles. The lowest BCUT2D eigenvalue weighted by molar-refractivity contribution is -0.137. The number of nitrogens with zero attached hydrogens (tertiary/aromatic N) is 2. The molecule has 0 saturated carbocycles. The summed E-state index contributed by atoms with van der Waals surface area (Å²) in [6.07, 6.45) is -2.77. The lowest BCUT2D eigenvalue weighted by Crippen LogP contribution is -2.30. The Morgan fingerprint density at radius 2 is 1.66 bits per heavy atom. The van der Waals surface area contributed by atoms with Crippen LogP contribution < -0.4 is 14.4 Å². The lowest BCUT2D eigenvalue weighted by Gasteiger charge is -2.18. The van der Waals surface area contributed by atoms with Crippen molar-refractivity contribution in [2.45, 2.75) is 11.9 Å². The Bertz CT molecular complexity index is 1290. The van der Waals surface area contributed by atoms with Crippen molar-refractivity contribution in [3.63, 3.8) is 0 Å². The fourth-order valence-corrected chi connectivity index (χ4v) is 4.37. The highest BCUT2D eigenvalue weighted by atomic mass is 32.2. The van der Waals surface area contributed by atoms with E-state index in [1.54, 1.807) is 67.8 Å². The van der Waals surface area contributed by atoms with Crippen LogP contribution in [0.15, 0.2) is 83.5 Å². The molecule has 0 bridgehead atoms. The molecule has 0 spiro atoms. The molecule has 3 aromatic carbocycles. The molecule has 0 radical (unpaired) electrons. The molecule has 0 fully saturated rings. The highest BCUT2D eigenvalue weighted by Crippen LogP contribution is 2.34. The van der Waals surface area contributed by atoms with Crippen LogP contribution >= 0.6 is 11.8 Å². The molecule has 9 heteroatoms. The molecule has 1 amide bonds. The van der Waals surface area contributed by atoms with E-state index in [2.05, 4.69) is 4.99 Å². The van der Waals surface area contributed by atoms with Gasteiger partial charge < -0.3 is 9.47 Å². The van der Waals surface area contributed by atoms with Gasteiger partial charge in [0.15, 0.2) is 5.17 Å². The van der Waals surface area contributed by atoms with Crippen LogP contribution in [0.3, 0.4) is 0 Å². The van der Waals surface area contributed by atoms with Gasteiger partial charge in [-0.3, -0.25) is 9.69 Å². The summed E-state index contributed by atoms with van der Waals surface area (Å²) < 4.78 is 49.8. The summed E-state index contributed by atoms with van der Waals surface area (Å²) in [6, 6.07) is 19.2. The first kappa shape index (κ1) is 24.4. The number of thioether (sulfide) groups is 1. The van der Waals surface area contributed by atoms with E-state index in [4.69, 9.17) is 9.47 Å². The number of ether oxygens (including phenoxy) is 2. The van der Waals surface area contributed by atoms with Gasteiger partial charge in [0.05, 0.1) is 25.5 Å². The molecule has 4 rings (SSSR count). The van der Waals surface area contributed by atoms with E-state index >= 15 is 0 Å². The highest BCUT2D eigenvalue weighted by Gasteiger charge is 2.33. The Kier molecular flexibility index (Phi) is 7.16. The van der Waals surface area contributed by atoms with Crippen LogP contribution in [0.2, 0.25) is 0 Å². The Morgan fingerprint density at radius 3 is 2.34 bits per heavy atom. The van der Waals surface area contributed by atoms with Crippen molar-refractivity contribution in [1.29, 1.82) is 0 Å². The number of alkyl halides is 3. The second-order valence-electron chi connectivity index (χ2n) is 7.53. The first-order valence-electron chi connectivity index (χ1n) is 10.5. The molecule has 1 heterocycles. The number of hydrogen-bond donors (Lipinski definition) is 0. The number of anilines is 1. The second-order valence-corrected chi connectivity index (χ2v) is 8.47. The van der Waals surface area contributed by atoms with Gasteiger partial charge in [0.25, 0.3) is 5.91 Å². The third kappa shape index (κ3) is 5.68.